The van der Waals surface area contributed by atoms with E-state index in [1.807, 2.05) is 0 Å². The molecule has 0 aromatic heterocycles. The smallest absolute Gasteiger partial charge is 0.312 e. The molecule has 0 radical (unpaired) electrons. The van der Waals surface area contributed by atoms with Crippen LogP contribution in [0.25, 0.3) is 0 Å². The van der Waals surface area contributed by atoms with Crippen molar-refractivity contribution < 1.29 is 23.4 Å². The number of hydrogen-bond acceptors (Lipinski definition) is 2. The highest BCUT2D eigenvalue weighted by Crippen LogP contribution is 2.50. The lowest BCUT2D eigenvalue weighted by Crippen LogP contribution is -2.42. The van der Waals surface area contributed by atoms with Gasteiger partial charge < -0.3 is 9.84 Å². The van der Waals surface area contributed by atoms with Gasteiger partial charge in [-0.1, -0.05) is 0 Å². The molecule has 0 bridgehead atoms. The first-order chi connectivity index (χ1) is 9.95. The number of carbonyl (C=O) groups is 1. The van der Waals surface area contributed by atoms with Crippen LogP contribution in [0, 0.1) is 23.0 Å². The molecule has 3 rings (SSSR count). The Balaban J connectivity index is 2.00. The summed E-state index contributed by atoms with van der Waals surface area (Å²) in [7, 11) is 0. The van der Waals surface area contributed by atoms with Crippen molar-refractivity contribution in [1.29, 1.82) is 0 Å². The lowest BCUT2D eigenvalue weighted by molar-refractivity contribution is -0.153. The summed E-state index contributed by atoms with van der Waals surface area (Å²) < 4.78 is 33.9. The van der Waals surface area contributed by atoms with Crippen molar-refractivity contribution in [2.45, 2.75) is 31.8 Å². The molecular formula is C15H15BrF2O3. The molecule has 1 aromatic carbocycles. The van der Waals surface area contributed by atoms with E-state index in [-0.39, 0.29) is 28.8 Å². The highest BCUT2D eigenvalue weighted by atomic mass is 79.9. The van der Waals surface area contributed by atoms with Crippen LogP contribution in [0.3, 0.4) is 0 Å². The van der Waals surface area contributed by atoms with Crippen LogP contribution in [0.15, 0.2) is 16.6 Å². The summed E-state index contributed by atoms with van der Waals surface area (Å²) >= 11 is 3.02. The Morgan fingerprint density at radius 2 is 2.14 bits per heavy atom. The van der Waals surface area contributed by atoms with Gasteiger partial charge in [0, 0.05) is 12.2 Å². The fraction of sp³-hybridized carbons (Fsp3) is 0.533. The van der Waals surface area contributed by atoms with E-state index in [2.05, 4.69) is 15.9 Å². The van der Waals surface area contributed by atoms with Crippen LogP contribution < -0.4 is 0 Å². The number of rotatable bonds is 4. The predicted molar refractivity (Wildman–Crippen MR) is 74.9 cm³/mol. The van der Waals surface area contributed by atoms with Gasteiger partial charge in [-0.05, 0) is 59.7 Å². The predicted octanol–water partition coefficient (Wildman–Crippen LogP) is 3.54. The van der Waals surface area contributed by atoms with Crippen LogP contribution in [0.2, 0.25) is 0 Å². The van der Waals surface area contributed by atoms with E-state index in [0.29, 0.717) is 6.61 Å². The number of aliphatic carboxylic acids is 1. The third kappa shape index (κ3) is 2.48. The number of ether oxygens (including phenoxy) is 1. The van der Waals surface area contributed by atoms with Gasteiger partial charge in [0.1, 0.15) is 17.0 Å². The molecule has 1 saturated heterocycles. The van der Waals surface area contributed by atoms with E-state index >= 15 is 0 Å². The number of benzene rings is 1. The van der Waals surface area contributed by atoms with Gasteiger partial charge in [0.05, 0.1) is 10.6 Å². The lowest BCUT2D eigenvalue weighted by Gasteiger charge is -2.30. The fourth-order valence-electron chi connectivity index (χ4n) is 3.20. The summed E-state index contributed by atoms with van der Waals surface area (Å²) in [5.74, 6) is -2.27. The quantitative estimate of drug-likeness (QED) is 0.835. The topological polar surface area (TPSA) is 46.5 Å². The Kier molecular flexibility index (Phi) is 3.78. The van der Waals surface area contributed by atoms with Gasteiger partial charge in [-0.25, -0.2) is 8.78 Å². The molecule has 1 aliphatic heterocycles. The van der Waals surface area contributed by atoms with Gasteiger partial charge in [-0.2, -0.15) is 0 Å². The molecule has 2 fully saturated rings. The molecule has 2 aliphatic rings. The molecule has 2 unspecified atom stereocenters. The number of halogens is 3. The second-order valence-electron chi connectivity index (χ2n) is 5.84. The molecule has 21 heavy (non-hydrogen) atoms. The number of carboxylic acid groups (broad SMARTS) is 1. The molecule has 1 heterocycles. The van der Waals surface area contributed by atoms with Crippen molar-refractivity contribution in [1.82, 2.24) is 0 Å². The van der Waals surface area contributed by atoms with Gasteiger partial charge in [0.2, 0.25) is 0 Å². The highest BCUT2D eigenvalue weighted by Gasteiger charge is 2.56. The monoisotopic (exact) mass is 360 g/mol. The zero-order valence-corrected chi connectivity index (χ0v) is 12.8. The summed E-state index contributed by atoms with van der Waals surface area (Å²) in [6.07, 6.45) is 1.50. The molecule has 6 heteroatoms. The van der Waals surface area contributed by atoms with Crippen LogP contribution in [-0.4, -0.2) is 23.8 Å². The van der Waals surface area contributed by atoms with Crippen LogP contribution in [0.4, 0.5) is 8.78 Å². The van der Waals surface area contributed by atoms with Crippen LogP contribution in [0.1, 0.15) is 24.8 Å². The molecule has 1 saturated carbocycles. The molecule has 3 nitrogen and oxygen atoms in total. The van der Waals surface area contributed by atoms with Crippen LogP contribution >= 0.6 is 15.9 Å². The van der Waals surface area contributed by atoms with Gasteiger partial charge >= 0.3 is 5.97 Å². The Morgan fingerprint density at radius 1 is 1.43 bits per heavy atom. The van der Waals surface area contributed by atoms with Crippen molar-refractivity contribution in [3.05, 3.63) is 33.8 Å². The van der Waals surface area contributed by atoms with Crippen LogP contribution in [-0.2, 0) is 16.0 Å². The van der Waals surface area contributed by atoms with Gasteiger partial charge in [0.15, 0.2) is 0 Å². The average molecular weight is 361 g/mol. The minimum atomic E-state index is -1.23. The Morgan fingerprint density at radius 3 is 2.76 bits per heavy atom. The maximum Gasteiger partial charge on any atom is 0.312 e. The molecule has 0 spiro atoms. The van der Waals surface area contributed by atoms with E-state index in [4.69, 9.17) is 4.74 Å². The molecule has 1 N–H and O–H groups in total. The van der Waals surface area contributed by atoms with E-state index in [1.54, 1.807) is 0 Å². The van der Waals surface area contributed by atoms with E-state index in [1.165, 1.54) is 6.07 Å². The van der Waals surface area contributed by atoms with E-state index in [9.17, 15) is 18.7 Å². The van der Waals surface area contributed by atoms with Crippen molar-refractivity contribution in [3.8, 4) is 0 Å². The van der Waals surface area contributed by atoms with Crippen LogP contribution in [0.5, 0.6) is 0 Å². The van der Waals surface area contributed by atoms with Gasteiger partial charge in [-0.3, -0.25) is 4.79 Å². The summed E-state index contributed by atoms with van der Waals surface area (Å²) in [5.41, 5.74) is -1.41. The fourth-order valence-corrected chi connectivity index (χ4v) is 3.57. The summed E-state index contributed by atoms with van der Waals surface area (Å²) in [6, 6.07) is 2.44. The maximum absolute atomic E-state index is 14.2. The summed E-state index contributed by atoms with van der Waals surface area (Å²) in [4.78, 5) is 11.8. The third-order valence-corrected chi connectivity index (χ3v) is 5.11. The molecule has 1 aromatic rings. The van der Waals surface area contributed by atoms with E-state index in [0.717, 1.165) is 18.9 Å². The summed E-state index contributed by atoms with van der Waals surface area (Å²) in [5, 5.41) is 9.69. The Bertz CT molecular complexity index is 589. The first-order valence-electron chi connectivity index (χ1n) is 6.93. The maximum atomic E-state index is 14.2. The van der Waals surface area contributed by atoms with Crippen molar-refractivity contribution in [2.24, 2.45) is 11.3 Å². The molecular weight excluding hydrogens is 346 g/mol. The zero-order valence-electron chi connectivity index (χ0n) is 11.2. The molecule has 1 aliphatic carbocycles. The standard InChI is InChI=1S/C15H15BrF2O3/c16-10-3-4-11(17)9(12(10)18)7-15(14(19)20)5-6-21-13(15)8-1-2-8/h3-4,8,13H,1-2,5-7H2,(H,19,20). The Hall–Kier alpha value is -1.01. The second-order valence-corrected chi connectivity index (χ2v) is 6.69. The molecule has 114 valence electrons. The molecule has 0 amide bonds. The highest BCUT2D eigenvalue weighted by molar-refractivity contribution is 9.10. The second kappa shape index (κ2) is 5.32. The van der Waals surface area contributed by atoms with E-state index < -0.39 is 29.1 Å². The minimum absolute atomic E-state index is 0.140. The lowest BCUT2D eigenvalue weighted by atomic mass is 9.74. The first kappa shape index (κ1) is 14.9. The third-order valence-electron chi connectivity index (χ3n) is 4.50. The summed E-state index contributed by atoms with van der Waals surface area (Å²) in [6.45, 7) is 0.324. The SMILES string of the molecule is O=C(O)C1(Cc2c(F)ccc(Br)c2F)CCOC1C1CC1. The normalized spacial score (nSPS) is 28.8. The van der Waals surface area contributed by atoms with Gasteiger partial charge in [-0.15, -0.1) is 0 Å². The minimum Gasteiger partial charge on any atom is -0.481 e. The molecule has 2 atom stereocenters. The average Bonchev–Trinajstić information content (AvgIpc) is 3.19. The van der Waals surface area contributed by atoms with Crippen molar-refractivity contribution in [2.75, 3.05) is 6.61 Å². The first-order valence-corrected chi connectivity index (χ1v) is 7.72. The number of hydrogen-bond donors (Lipinski definition) is 1. The number of carboxylic acids is 1. The van der Waals surface area contributed by atoms with Crippen molar-refractivity contribution >= 4 is 21.9 Å². The van der Waals surface area contributed by atoms with Gasteiger partial charge in [0.25, 0.3) is 0 Å². The van der Waals surface area contributed by atoms with Crippen molar-refractivity contribution in [3.63, 3.8) is 0 Å². The largest absolute Gasteiger partial charge is 0.481 e. The Labute approximate surface area is 129 Å². The zero-order chi connectivity index (χ0) is 15.2.